The lowest BCUT2D eigenvalue weighted by atomic mass is 10.2. The number of amides is 1. The lowest BCUT2D eigenvalue weighted by Crippen LogP contribution is -2.30. The van der Waals surface area contributed by atoms with Crippen LogP contribution in [0.1, 0.15) is 0 Å². The Balaban J connectivity index is 2.90. The fourth-order valence-electron chi connectivity index (χ4n) is 1.24. The van der Waals surface area contributed by atoms with Gasteiger partial charge in [0, 0.05) is 12.1 Å². The molecule has 1 amide bonds. The SMILES string of the molecule is CNS(=O)(=O)CC(=O)Nc1cc(F)c(OC(F)F)cc1F. The molecule has 0 unspecified atom stereocenters. The lowest BCUT2D eigenvalue weighted by Gasteiger charge is -2.10. The van der Waals surface area contributed by atoms with Crippen LogP contribution in [0.2, 0.25) is 0 Å². The first kappa shape index (κ1) is 17.2. The smallest absolute Gasteiger partial charge is 0.387 e. The zero-order valence-electron chi connectivity index (χ0n) is 10.5. The van der Waals surface area contributed by atoms with Crippen LogP contribution in [-0.4, -0.2) is 33.7 Å². The lowest BCUT2D eigenvalue weighted by molar-refractivity contribution is -0.113. The Morgan fingerprint density at radius 2 is 1.90 bits per heavy atom. The van der Waals surface area contributed by atoms with E-state index in [0.29, 0.717) is 12.1 Å². The van der Waals surface area contributed by atoms with Gasteiger partial charge in [0.05, 0.1) is 5.69 Å². The van der Waals surface area contributed by atoms with Crippen molar-refractivity contribution < 1.29 is 35.5 Å². The molecule has 0 aliphatic rings. The highest BCUT2D eigenvalue weighted by Crippen LogP contribution is 2.26. The van der Waals surface area contributed by atoms with Gasteiger partial charge in [0.1, 0.15) is 5.75 Å². The first-order valence-electron chi connectivity index (χ1n) is 5.29. The third kappa shape index (κ3) is 5.19. The molecule has 0 atom stereocenters. The molecule has 0 aromatic heterocycles. The van der Waals surface area contributed by atoms with Crippen LogP contribution >= 0.6 is 0 Å². The fraction of sp³-hybridized carbons (Fsp3) is 0.300. The third-order valence-corrected chi connectivity index (χ3v) is 3.41. The molecule has 0 saturated heterocycles. The highest BCUT2D eigenvalue weighted by Gasteiger charge is 2.19. The van der Waals surface area contributed by atoms with Crippen molar-refractivity contribution in [2.45, 2.75) is 6.61 Å². The molecule has 6 nitrogen and oxygen atoms in total. The molecule has 2 N–H and O–H groups in total. The maximum Gasteiger partial charge on any atom is 0.387 e. The van der Waals surface area contributed by atoms with Crippen LogP contribution in [0.15, 0.2) is 12.1 Å². The minimum atomic E-state index is -3.89. The Hall–Kier alpha value is -1.88. The number of rotatable bonds is 6. The third-order valence-electron chi connectivity index (χ3n) is 2.14. The predicted octanol–water partition coefficient (Wildman–Crippen LogP) is 1.05. The second kappa shape index (κ2) is 6.72. The quantitative estimate of drug-likeness (QED) is 0.764. The molecule has 0 heterocycles. The van der Waals surface area contributed by atoms with Gasteiger partial charge in [-0.15, -0.1) is 0 Å². The molecule has 1 aromatic rings. The second-order valence-corrected chi connectivity index (χ2v) is 5.58. The molecule has 0 fully saturated rings. The zero-order valence-corrected chi connectivity index (χ0v) is 11.3. The van der Waals surface area contributed by atoms with E-state index in [4.69, 9.17) is 0 Å². The van der Waals surface area contributed by atoms with Crippen LogP contribution in [0.4, 0.5) is 23.2 Å². The Morgan fingerprint density at radius 3 is 2.43 bits per heavy atom. The van der Waals surface area contributed by atoms with Gasteiger partial charge in [-0.05, 0) is 7.05 Å². The maximum absolute atomic E-state index is 13.5. The molecule has 0 radical (unpaired) electrons. The molecule has 1 rings (SSSR count). The van der Waals surface area contributed by atoms with Gasteiger partial charge in [0.25, 0.3) is 0 Å². The van der Waals surface area contributed by atoms with Gasteiger partial charge in [0.2, 0.25) is 15.9 Å². The summed E-state index contributed by atoms with van der Waals surface area (Å²) in [5, 5.41) is 1.81. The average Bonchev–Trinajstić information content (AvgIpc) is 2.34. The summed E-state index contributed by atoms with van der Waals surface area (Å²) in [7, 11) is -2.82. The topological polar surface area (TPSA) is 84.5 Å². The standard InChI is InChI=1S/C10H10F4N2O4S/c1-15-21(18,19)4-9(17)16-7-2-6(12)8(3-5(7)11)20-10(13)14/h2-3,10,15H,4H2,1H3,(H,16,17). The summed E-state index contributed by atoms with van der Waals surface area (Å²) in [4.78, 5) is 11.3. The van der Waals surface area contributed by atoms with Crippen molar-refractivity contribution in [1.29, 1.82) is 0 Å². The predicted molar refractivity (Wildman–Crippen MR) is 64.5 cm³/mol. The number of benzene rings is 1. The molecule has 11 heteroatoms. The van der Waals surface area contributed by atoms with E-state index in [2.05, 4.69) is 4.74 Å². The molecule has 1 aromatic carbocycles. The molecule has 0 aliphatic heterocycles. The van der Waals surface area contributed by atoms with Gasteiger partial charge in [-0.3, -0.25) is 4.79 Å². The highest BCUT2D eigenvalue weighted by atomic mass is 32.2. The molecule has 0 bridgehead atoms. The van der Waals surface area contributed by atoms with Gasteiger partial charge in [0.15, 0.2) is 17.4 Å². The second-order valence-electron chi connectivity index (χ2n) is 3.65. The van der Waals surface area contributed by atoms with Gasteiger partial charge in [-0.25, -0.2) is 21.9 Å². The number of carbonyl (C=O) groups is 1. The molecule has 0 saturated carbocycles. The number of sulfonamides is 1. The minimum Gasteiger partial charge on any atom is -0.432 e. The number of hydrogen-bond acceptors (Lipinski definition) is 4. The molecule has 118 valence electrons. The summed E-state index contributed by atoms with van der Waals surface area (Å²) in [6.07, 6.45) is 0. The van der Waals surface area contributed by atoms with Gasteiger partial charge in [-0.1, -0.05) is 0 Å². The summed E-state index contributed by atoms with van der Waals surface area (Å²) in [6.45, 7) is -3.35. The van der Waals surface area contributed by atoms with E-state index in [9.17, 15) is 30.8 Å². The maximum atomic E-state index is 13.5. The average molecular weight is 330 g/mol. The minimum absolute atomic E-state index is 0.309. The van der Waals surface area contributed by atoms with Crippen molar-refractivity contribution in [3.8, 4) is 5.75 Å². The number of ether oxygens (including phenoxy) is 1. The van der Waals surface area contributed by atoms with Gasteiger partial charge < -0.3 is 10.1 Å². The number of halogens is 4. The molecular formula is C10H10F4N2O4S. The van der Waals surface area contributed by atoms with Crippen LogP contribution in [0.5, 0.6) is 5.75 Å². The van der Waals surface area contributed by atoms with Crippen molar-refractivity contribution in [3.05, 3.63) is 23.8 Å². The van der Waals surface area contributed by atoms with E-state index in [0.717, 1.165) is 7.05 Å². The molecule has 0 spiro atoms. The van der Waals surface area contributed by atoms with Crippen LogP contribution in [0.3, 0.4) is 0 Å². The van der Waals surface area contributed by atoms with Gasteiger partial charge >= 0.3 is 6.61 Å². The van der Waals surface area contributed by atoms with Crippen molar-refractivity contribution in [2.75, 3.05) is 18.1 Å². The first-order valence-corrected chi connectivity index (χ1v) is 6.95. The summed E-state index contributed by atoms with van der Waals surface area (Å²) in [5.74, 6) is -5.79. The van der Waals surface area contributed by atoms with E-state index in [1.54, 1.807) is 5.32 Å². The van der Waals surface area contributed by atoms with Crippen molar-refractivity contribution in [1.82, 2.24) is 4.72 Å². The highest BCUT2D eigenvalue weighted by molar-refractivity contribution is 7.90. The van der Waals surface area contributed by atoms with Crippen LogP contribution < -0.4 is 14.8 Å². The Bertz CT molecular complexity index is 636. The van der Waals surface area contributed by atoms with Crippen molar-refractivity contribution in [3.63, 3.8) is 0 Å². The van der Waals surface area contributed by atoms with E-state index in [1.807, 2.05) is 4.72 Å². The summed E-state index contributed by atoms with van der Waals surface area (Å²) in [5.41, 5.74) is -0.703. The largest absolute Gasteiger partial charge is 0.432 e. The number of alkyl halides is 2. The van der Waals surface area contributed by atoms with Crippen LogP contribution in [0.25, 0.3) is 0 Å². The molecular weight excluding hydrogens is 320 g/mol. The van der Waals surface area contributed by atoms with E-state index >= 15 is 0 Å². The Kier molecular flexibility index (Phi) is 5.49. The molecule has 21 heavy (non-hydrogen) atoms. The summed E-state index contributed by atoms with van der Waals surface area (Å²) < 4.78 is 78.4. The normalized spacial score (nSPS) is 11.5. The summed E-state index contributed by atoms with van der Waals surface area (Å²) in [6, 6.07) is 0.709. The van der Waals surface area contributed by atoms with Crippen LogP contribution in [0, 0.1) is 11.6 Å². The zero-order chi connectivity index (χ0) is 16.2. The van der Waals surface area contributed by atoms with Crippen molar-refractivity contribution in [2.24, 2.45) is 0 Å². The first-order chi connectivity index (χ1) is 9.64. The number of nitrogens with one attached hydrogen (secondary N) is 2. The number of anilines is 1. The Morgan fingerprint density at radius 1 is 1.29 bits per heavy atom. The Labute approximate surface area is 117 Å². The van der Waals surface area contributed by atoms with Crippen molar-refractivity contribution >= 4 is 21.6 Å². The van der Waals surface area contributed by atoms with E-state index in [-0.39, 0.29) is 0 Å². The number of carbonyl (C=O) groups excluding carboxylic acids is 1. The number of hydrogen-bond donors (Lipinski definition) is 2. The summed E-state index contributed by atoms with van der Waals surface area (Å²) >= 11 is 0. The van der Waals surface area contributed by atoms with E-state index < -0.39 is 51.4 Å². The fourth-order valence-corrected chi connectivity index (χ4v) is 1.80. The van der Waals surface area contributed by atoms with Crippen LogP contribution in [-0.2, 0) is 14.8 Å². The van der Waals surface area contributed by atoms with Gasteiger partial charge in [-0.2, -0.15) is 8.78 Å². The molecule has 0 aliphatic carbocycles. The monoisotopic (exact) mass is 330 g/mol. The van der Waals surface area contributed by atoms with E-state index in [1.165, 1.54) is 0 Å².